The molecule has 0 spiro atoms. The Balaban J connectivity index is 2.10. The molecule has 27 heavy (non-hydrogen) atoms. The summed E-state index contributed by atoms with van der Waals surface area (Å²) in [6.07, 6.45) is 1.65. The Morgan fingerprint density at radius 2 is 1.70 bits per heavy atom. The molecule has 2 rings (SSSR count). The lowest BCUT2D eigenvalue weighted by Crippen LogP contribution is -2.27. The van der Waals surface area contributed by atoms with Crippen molar-refractivity contribution in [3.63, 3.8) is 0 Å². The smallest absolute Gasteiger partial charge is 0.328 e. The number of alkyl halides is 2. The number of phenolic OH excluding ortho intramolecular Hbond substituents is 1. The number of anilines is 1. The fourth-order valence-corrected chi connectivity index (χ4v) is 3.02. The maximum atomic E-state index is 11.5. The number of aliphatic carboxylic acids is 1. The van der Waals surface area contributed by atoms with Crippen molar-refractivity contribution in [1.82, 2.24) is 0 Å². The SMILES string of the molecule is O=C(O)[C@H](Cc1ccc(N(CCCl)CCCl)cc1)N=Cc1ccccc1O. The largest absolute Gasteiger partial charge is 0.507 e. The van der Waals surface area contributed by atoms with Crippen LogP contribution in [0.1, 0.15) is 11.1 Å². The molecular formula is C20H22Cl2N2O3. The van der Waals surface area contributed by atoms with Crippen LogP contribution in [0, 0.1) is 0 Å². The summed E-state index contributed by atoms with van der Waals surface area (Å²) in [7, 11) is 0. The predicted molar refractivity (Wildman–Crippen MR) is 111 cm³/mol. The van der Waals surface area contributed by atoms with Crippen LogP contribution >= 0.6 is 23.2 Å². The number of phenols is 1. The molecule has 0 aromatic heterocycles. The summed E-state index contributed by atoms with van der Waals surface area (Å²) in [6.45, 7) is 1.38. The highest BCUT2D eigenvalue weighted by Gasteiger charge is 2.16. The van der Waals surface area contributed by atoms with E-state index >= 15 is 0 Å². The van der Waals surface area contributed by atoms with Gasteiger partial charge in [-0.25, -0.2) is 4.79 Å². The first-order valence-corrected chi connectivity index (χ1v) is 9.62. The fraction of sp³-hybridized carbons (Fsp3) is 0.300. The number of hydrogen-bond acceptors (Lipinski definition) is 4. The highest BCUT2D eigenvalue weighted by molar-refractivity contribution is 6.18. The van der Waals surface area contributed by atoms with Crippen LogP contribution in [-0.2, 0) is 11.2 Å². The monoisotopic (exact) mass is 408 g/mol. The summed E-state index contributed by atoms with van der Waals surface area (Å²) < 4.78 is 0. The average Bonchev–Trinajstić information content (AvgIpc) is 2.66. The number of halogens is 2. The van der Waals surface area contributed by atoms with Gasteiger partial charge in [0.25, 0.3) is 0 Å². The summed E-state index contributed by atoms with van der Waals surface area (Å²) in [6, 6.07) is 13.4. The van der Waals surface area contributed by atoms with E-state index in [0.717, 1.165) is 11.3 Å². The summed E-state index contributed by atoms with van der Waals surface area (Å²) in [4.78, 5) is 17.8. The molecule has 0 saturated heterocycles. The molecule has 0 saturated carbocycles. The van der Waals surface area contributed by atoms with E-state index in [1.807, 2.05) is 24.3 Å². The Morgan fingerprint density at radius 3 is 2.26 bits per heavy atom. The zero-order valence-corrected chi connectivity index (χ0v) is 16.3. The molecule has 0 aliphatic rings. The molecule has 0 aliphatic carbocycles. The molecule has 0 unspecified atom stereocenters. The van der Waals surface area contributed by atoms with Gasteiger partial charge in [0, 0.05) is 48.7 Å². The highest BCUT2D eigenvalue weighted by Crippen LogP contribution is 2.18. The van der Waals surface area contributed by atoms with Gasteiger partial charge in [-0.05, 0) is 29.8 Å². The van der Waals surface area contributed by atoms with Crippen LogP contribution in [-0.4, -0.2) is 53.3 Å². The Bertz CT molecular complexity index is 760. The molecule has 2 N–H and O–H groups in total. The summed E-state index contributed by atoms with van der Waals surface area (Å²) in [5.74, 6) is 0.0479. The van der Waals surface area contributed by atoms with E-state index in [1.165, 1.54) is 12.3 Å². The zero-order valence-electron chi connectivity index (χ0n) is 14.8. The molecule has 5 nitrogen and oxygen atoms in total. The van der Waals surface area contributed by atoms with Gasteiger partial charge in [0.2, 0.25) is 0 Å². The third-order valence-electron chi connectivity index (χ3n) is 4.05. The van der Waals surface area contributed by atoms with Gasteiger partial charge in [-0.3, -0.25) is 4.99 Å². The van der Waals surface area contributed by atoms with Crippen molar-refractivity contribution in [3.05, 3.63) is 59.7 Å². The number of benzene rings is 2. The maximum Gasteiger partial charge on any atom is 0.328 e. The van der Waals surface area contributed by atoms with E-state index in [2.05, 4.69) is 9.89 Å². The molecule has 0 fully saturated rings. The third-order valence-corrected chi connectivity index (χ3v) is 4.39. The molecule has 0 heterocycles. The van der Waals surface area contributed by atoms with Crippen molar-refractivity contribution in [1.29, 1.82) is 0 Å². The van der Waals surface area contributed by atoms with Crippen LogP contribution in [0.15, 0.2) is 53.5 Å². The second-order valence-corrected chi connectivity index (χ2v) is 6.68. The summed E-state index contributed by atoms with van der Waals surface area (Å²) in [5.41, 5.74) is 2.33. The van der Waals surface area contributed by atoms with Gasteiger partial charge in [-0.2, -0.15) is 0 Å². The van der Waals surface area contributed by atoms with Gasteiger partial charge in [-0.15, -0.1) is 23.2 Å². The number of aliphatic imine (C=N–C) groups is 1. The minimum atomic E-state index is -1.02. The number of rotatable bonds is 10. The number of aromatic hydroxyl groups is 1. The molecular weight excluding hydrogens is 387 g/mol. The van der Waals surface area contributed by atoms with Crippen LogP contribution in [0.5, 0.6) is 5.75 Å². The van der Waals surface area contributed by atoms with Gasteiger partial charge in [0.1, 0.15) is 5.75 Å². The van der Waals surface area contributed by atoms with Crippen molar-refractivity contribution < 1.29 is 15.0 Å². The van der Waals surface area contributed by atoms with E-state index in [9.17, 15) is 15.0 Å². The molecule has 2 aromatic carbocycles. The normalized spacial score (nSPS) is 12.2. The number of para-hydroxylation sites is 1. The van der Waals surface area contributed by atoms with Gasteiger partial charge < -0.3 is 15.1 Å². The number of carboxylic acids is 1. The minimum Gasteiger partial charge on any atom is -0.507 e. The van der Waals surface area contributed by atoms with Crippen LogP contribution < -0.4 is 4.90 Å². The number of carbonyl (C=O) groups is 1. The van der Waals surface area contributed by atoms with Crippen LogP contribution in [0.4, 0.5) is 5.69 Å². The van der Waals surface area contributed by atoms with Crippen LogP contribution in [0.2, 0.25) is 0 Å². The van der Waals surface area contributed by atoms with Crippen molar-refractivity contribution in [3.8, 4) is 5.75 Å². The van der Waals surface area contributed by atoms with Crippen molar-refractivity contribution in [2.24, 2.45) is 4.99 Å². The second kappa shape index (κ2) is 10.8. The predicted octanol–water partition coefficient (Wildman–Crippen LogP) is 3.79. The van der Waals surface area contributed by atoms with Crippen molar-refractivity contribution in [2.75, 3.05) is 29.7 Å². The maximum absolute atomic E-state index is 11.5. The lowest BCUT2D eigenvalue weighted by Gasteiger charge is -2.23. The molecule has 0 radical (unpaired) electrons. The quantitative estimate of drug-likeness (QED) is 0.463. The van der Waals surface area contributed by atoms with E-state index in [4.69, 9.17) is 23.2 Å². The fourth-order valence-electron chi connectivity index (χ4n) is 2.61. The molecule has 7 heteroatoms. The van der Waals surface area contributed by atoms with Crippen molar-refractivity contribution >= 4 is 41.1 Å². The topological polar surface area (TPSA) is 73.1 Å². The molecule has 0 aliphatic heterocycles. The average molecular weight is 409 g/mol. The zero-order chi connectivity index (χ0) is 19.6. The van der Waals surface area contributed by atoms with Crippen molar-refractivity contribution in [2.45, 2.75) is 12.5 Å². The highest BCUT2D eigenvalue weighted by atomic mass is 35.5. The molecule has 2 aromatic rings. The first-order chi connectivity index (χ1) is 13.0. The van der Waals surface area contributed by atoms with E-state index < -0.39 is 12.0 Å². The first kappa shape index (κ1) is 21.1. The Hall–Kier alpha value is -2.24. The van der Waals surface area contributed by atoms with E-state index in [0.29, 0.717) is 30.4 Å². The molecule has 0 amide bonds. The number of hydrogen-bond donors (Lipinski definition) is 2. The minimum absolute atomic E-state index is 0.0633. The van der Waals surface area contributed by atoms with Crippen LogP contribution in [0.25, 0.3) is 0 Å². The first-order valence-electron chi connectivity index (χ1n) is 8.55. The van der Waals surface area contributed by atoms with Gasteiger partial charge >= 0.3 is 5.97 Å². The summed E-state index contributed by atoms with van der Waals surface area (Å²) in [5, 5.41) is 19.2. The van der Waals surface area contributed by atoms with Gasteiger partial charge in [-0.1, -0.05) is 24.3 Å². The lowest BCUT2D eigenvalue weighted by molar-refractivity contribution is -0.138. The molecule has 0 bridgehead atoms. The summed E-state index contributed by atoms with van der Waals surface area (Å²) >= 11 is 11.7. The number of nitrogens with zero attached hydrogens (tertiary/aromatic N) is 2. The van der Waals surface area contributed by atoms with Gasteiger partial charge in [0.05, 0.1) is 0 Å². The third kappa shape index (κ3) is 6.45. The standard InChI is InChI=1S/C20H22Cl2N2O3/c21-9-11-24(12-10-22)17-7-5-15(6-8-17)13-18(20(26)27)23-14-16-3-1-2-4-19(16)25/h1-8,14,18,25H,9-13H2,(H,26,27)/t18-/m0/s1. The number of carboxylic acid groups (broad SMARTS) is 1. The van der Waals surface area contributed by atoms with Crippen LogP contribution in [0.3, 0.4) is 0 Å². The van der Waals surface area contributed by atoms with E-state index in [1.54, 1.807) is 18.2 Å². The van der Waals surface area contributed by atoms with E-state index in [-0.39, 0.29) is 12.2 Å². The second-order valence-electron chi connectivity index (χ2n) is 5.93. The Morgan fingerprint density at radius 1 is 1.07 bits per heavy atom. The lowest BCUT2D eigenvalue weighted by atomic mass is 10.1. The molecule has 144 valence electrons. The Labute approximate surface area is 168 Å². The molecule has 1 atom stereocenters. The Kier molecular flexibility index (Phi) is 8.43. The van der Waals surface area contributed by atoms with Gasteiger partial charge in [0.15, 0.2) is 6.04 Å².